The summed E-state index contributed by atoms with van der Waals surface area (Å²) in [6.07, 6.45) is 3.18. The van der Waals surface area contributed by atoms with Gasteiger partial charge in [0.1, 0.15) is 11.7 Å². The molecule has 2 aromatic carbocycles. The minimum absolute atomic E-state index is 0.0535. The molecular formula is C25H25Cl2N5O2. The van der Waals surface area contributed by atoms with Crippen LogP contribution < -0.4 is 9.64 Å². The Morgan fingerprint density at radius 3 is 2.44 bits per heavy atom. The van der Waals surface area contributed by atoms with Crippen LogP contribution in [0.2, 0.25) is 10.0 Å². The lowest BCUT2D eigenvalue weighted by molar-refractivity contribution is 0.00964. The van der Waals surface area contributed by atoms with E-state index in [-0.39, 0.29) is 12.1 Å². The Kier molecular flexibility index (Phi) is 7.24. The SMILES string of the molecule is COc1ncc([C@](C)(O)CN2CCN(c3ccc(Cl)cc3C#N)[C@H](c3ccc(Cl)cc3)C2)cn1. The molecule has 0 saturated carbocycles. The number of piperazine rings is 1. The van der Waals surface area contributed by atoms with Gasteiger partial charge in [-0.05, 0) is 42.8 Å². The number of hydrogen-bond acceptors (Lipinski definition) is 7. The first-order chi connectivity index (χ1) is 16.3. The molecule has 1 fully saturated rings. The highest BCUT2D eigenvalue weighted by Gasteiger charge is 2.34. The van der Waals surface area contributed by atoms with Crippen LogP contribution in [0.3, 0.4) is 0 Å². The molecule has 1 aliphatic rings. The number of benzene rings is 2. The highest BCUT2D eigenvalue weighted by Crippen LogP contribution is 2.35. The third kappa shape index (κ3) is 5.26. The molecule has 0 spiro atoms. The number of nitrogens with zero attached hydrogens (tertiary/aromatic N) is 5. The van der Waals surface area contributed by atoms with Crippen molar-refractivity contribution in [3.8, 4) is 12.1 Å². The Hall–Kier alpha value is -2.89. The zero-order chi connectivity index (χ0) is 24.3. The summed E-state index contributed by atoms with van der Waals surface area (Å²) in [5.74, 6) is 0. The van der Waals surface area contributed by atoms with Gasteiger partial charge in [0.05, 0.1) is 24.4 Å². The number of nitriles is 1. The van der Waals surface area contributed by atoms with Crippen LogP contribution in [-0.2, 0) is 5.60 Å². The molecule has 34 heavy (non-hydrogen) atoms. The molecule has 9 heteroatoms. The van der Waals surface area contributed by atoms with Gasteiger partial charge in [-0.1, -0.05) is 35.3 Å². The van der Waals surface area contributed by atoms with Crippen LogP contribution in [0.25, 0.3) is 0 Å². The molecule has 0 amide bonds. The molecule has 2 heterocycles. The molecule has 1 saturated heterocycles. The summed E-state index contributed by atoms with van der Waals surface area (Å²) >= 11 is 12.3. The zero-order valence-corrected chi connectivity index (χ0v) is 20.5. The second-order valence-corrected chi connectivity index (χ2v) is 9.37. The van der Waals surface area contributed by atoms with Crippen molar-refractivity contribution in [1.82, 2.24) is 14.9 Å². The van der Waals surface area contributed by atoms with Gasteiger partial charge in [-0.2, -0.15) is 5.26 Å². The first kappa shape index (κ1) is 24.2. The molecule has 2 atom stereocenters. The highest BCUT2D eigenvalue weighted by atomic mass is 35.5. The maximum atomic E-state index is 11.2. The summed E-state index contributed by atoms with van der Waals surface area (Å²) in [5, 5.41) is 22.1. The van der Waals surface area contributed by atoms with E-state index in [1.165, 1.54) is 7.11 Å². The number of ether oxygens (including phenoxy) is 1. The number of aliphatic hydroxyl groups is 1. The van der Waals surface area contributed by atoms with Gasteiger partial charge in [-0.25, -0.2) is 9.97 Å². The number of halogens is 2. The third-order valence-electron chi connectivity index (χ3n) is 6.07. The lowest BCUT2D eigenvalue weighted by Crippen LogP contribution is -2.52. The maximum Gasteiger partial charge on any atom is 0.316 e. The number of β-amino-alcohol motifs (C(OH)–C–C–N with tert-alkyl or cyclic N) is 1. The summed E-state index contributed by atoms with van der Waals surface area (Å²) in [6, 6.07) is 15.6. The lowest BCUT2D eigenvalue weighted by Gasteiger charge is -2.45. The average Bonchev–Trinajstić information content (AvgIpc) is 2.84. The van der Waals surface area contributed by atoms with Crippen LogP contribution in [0, 0.1) is 11.3 Å². The predicted molar refractivity (Wildman–Crippen MR) is 132 cm³/mol. The van der Waals surface area contributed by atoms with Crippen LogP contribution in [0.4, 0.5) is 5.69 Å². The van der Waals surface area contributed by atoms with E-state index in [9.17, 15) is 10.4 Å². The fourth-order valence-electron chi connectivity index (χ4n) is 4.32. The van der Waals surface area contributed by atoms with Crippen molar-refractivity contribution in [2.24, 2.45) is 0 Å². The minimum Gasteiger partial charge on any atom is -0.467 e. The van der Waals surface area contributed by atoms with Crippen LogP contribution in [-0.4, -0.2) is 53.3 Å². The third-order valence-corrected chi connectivity index (χ3v) is 6.56. The first-order valence-corrected chi connectivity index (χ1v) is 11.6. The Morgan fingerprint density at radius 2 is 1.79 bits per heavy atom. The molecule has 0 bridgehead atoms. The number of hydrogen-bond donors (Lipinski definition) is 1. The van der Waals surface area contributed by atoms with Gasteiger partial charge in [0.2, 0.25) is 0 Å². The molecule has 0 unspecified atom stereocenters. The van der Waals surface area contributed by atoms with Crippen LogP contribution in [0.1, 0.15) is 29.7 Å². The van der Waals surface area contributed by atoms with E-state index in [2.05, 4.69) is 25.8 Å². The summed E-state index contributed by atoms with van der Waals surface area (Å²) in [7, 11) is 1.50. The molecule has 0 radical (unpaired) electrons. The fraction of sp³-hybridized carbons (Fsp3) is 0.320. The molecule has 3 aromatic rings. The van der Waals surface area contributed by atoms with Gasteiger partial charge in [0.15, 0.2) is 0 Å². The number of aromatic nitrogens is 2. The Bertz CT molecular complexity index is 1180. The average molecular weight is 498 g/mol. The monoisotopic (exact) mass is 497 g/mol. The van der Waals surface area contributed by atoms with Gasteiger partial charge < -0.3 is 14.7 Å². The molecule has 1 aliphatic heterocycles. The molecule has 1 aromatic heterocycles. The molecular weight excluding hydrogens is 473 g/mol. The van der Waals surface area contributed by atoms with Crippen molar-refractivity contribution in [2.75, 3.05) is 38.2 Å². The summed E-state index contributed by atoms with van der Waals surface area (Å²) in [5.41, 5.74) is 1.89. The standard InChI is InChI=1S/C25H25Cl2N5O2/c1-25(33,19-13-29-24(34-2)30-14-19)16-31-9-10-32(22-8-7-21(27)11-18(22)12-28)23(15-31)17-3-5-20(26)6-4-17/h3-8,11,13-14,23,33H,9-10,15-16H2,1-2H3/t23-,25+/m0/s1. The van der Waals surface area contributed by atoms with Crippen molar-refractivity contribution in [3.05, 3.63) is 81.6 Å². The van der Waals surface area contributed by atoms with Gasteiger partial charge in [-0.15, -0.1) is 0 Å². The van der Waals surface area contributed by atoms with Crippen molar-refractivity contribution in [2.45, 2.75) is 18.6 Å². The first-order valence-electron chi connectivity index (χ1n) is 10.8. The van der Waals surface area contributed by atoms with Gasteiger partial charge >= 0.3 is 6.01 Å². The van der Waals surface area contributed by atoms with Crippen LogP contribution in [0.15, 0.2) is 54.9 Å². The summed E-state index contributed by atoms with van der Waals surface area (Å²) in [4.78, 5) is 12.7. The zero-order valence-electron chi connectivity index (χ0n) is 18.9. The van der Waals surface area contributed by atoms with E-state index < -0.39 is 5.60 Å². The van der Waals surface area contributed by atoms with Gasteiger partial charge in [-0.3, -0.25) is 4.90 Å². The van der Waals surface area contributed by atoms with Crippen molar-refractivity contribution >= 4 is 28.9 Å². The Morgan fingerprint density at radius 1 is 1.12 bits per heavy atom. The molecule has 176 valence electrons. The number of rotatable bonds is 6. The van der Waals surface area contributed by atoms with Gasteiger partial charge in [0, 0.05) is 54.2 Å². The minimum atomic E-state index is -1.16. The lowest BCUT2D eigenvalue weighted by atomic mass is 9.95. The van der Waals surface area contributed by atoms with E-state index in [4.69, 9.17) is 27.9 Å². The second kappa shape index (κ2) is 10.2. The Labute approximate surface area is 209 Å². The smallest absolute Gasteiger partial charge is 0.316 e. The maximum absolute atomic E-state index is 11.2. The van der Waals surface area contributed by atoms with E-state index in [1.807, 2.05) is 30.3 Å². The van der Waals surface area contributed by atoms with Crippen LogP contribution in [0.5, 0.6) is 6.01 Å². The molecule has 7 nitrogen and oxygen atoms in total. The second-order valence-electron chi connectivity index (χ2n) is 8.50. The predicted octanol–water partition coefficient (Wildman–Crippen LogP) is 4.43. The quantitative estimate of drug-likeness (QED) is 0.538. The van der Waals surface area contributed by atoms with Crippen molar-refractivity contribution < 1.29 is 9.84 Å². The highest BCUT2D eigenvalue weighted by molar-refractivity contribution is 6.31. The van der Waals surface area contributed by atoms with E-state index >= 15 is 0 Å². The molecule has 0 aliphatic carbocycles. The van der Waals surface area contributed by atoms with E-state index in [0.29, 0.717) is 47.4 Å². The largest absolute Gasteiger partial charge is 0.467 e. The Balaban J connectivity index is 1.62. The molecule has 1 N–H and O–H groups in total. The van der Waals surface area contributed by atoms with E-state index in [1.54, 1.807) is 31.5 Å². The van der Waals surface area contributed by atoms with E-state index in [0.717, 1.165) is 11.3 Å². The van der Waals surface area contributed by atoms with Crippen molar-refractivity contribution in [3.63, 3.8) is 0 Å². The van der Waals surface area contributed by atoms with Gasteiger partial charge in [0.25, 0.3) is 0 Å². The topological polar surface area (TPSA) is 85.5 Å². The normalized spacial score (nSPS) is 18.2. The van der Waals surface area contributed by atoms with Crippen LogP contribution >= 0.6 is 23.2 Å². The number of methoxy groups -OCH3 is 1. The summed E-state index contributed by atoms with van der Waals surface area (Å²) in [6.45, 7) is 4.16. The fourth-order valence-corrected chi connectivity index (χ4v) is 4.61. The number of anilines is 1. The van der Waals surface area contributed by atoms with Crippen molar-refractivity contribution in [1.29, 1.82) is 5.26 Å². The summed E-state index contributed by atoms with van der Waals surface area (Å²) < 4.78 is 5.02. The molecule has 4 rings (SSSR count).